The van der Waals surface area contributed by atoms with Crippen LogP contribution >= 0.6 is 0 Å². The lowest BCUT2D eigenvalue weighted by atomic mass is 9.98. The van der Waals surface area contributed by atoms with Crippen molar-refractivity contribution in [1.82, 2.24) is 4.98 Å². The van der Waals surface area contributed by atoms with Crippen molar-refractivity contribution in [2.75, 3.05) is 13.7 Å². The summed E-state index contributed by atoms with van der Waals surface area (Å²) in [6.07, 6.45) is 3.20. The molecule has 1 aromatic heterocycles. The fourth-order valence-electron chi connectivity index (χ4n) is 3.68. The van der Waals surface area contributed by atoms with Gasteiger partial charge in [0, 0.05) is 17.7 Å². The third-order valence-corrected chi connectivity index (χ3v) is 5.38. The fraction of sp³-hybridized carbons (Fsp3) is 0.320. The molecule has 0 aliphatic carbocycles. The second kappa shape index (κ2) is 9.60. The topological polar surface area (TPSA) is 73.9 Å². The lowest BCUT2D eigenvalue weighted by Crippen LogP contribution is -2.25. The number of hydrogen-bond donors (Lipinski definition) is 0. The smallest absolute Gasteiger partial charge is 0.330 e. The zero-order valence-electron chi connectivity index (χ0n) is 17.8. The Morgan fingerprint density at radius 3 is 2.61 bits per heavy atom. The minimum atomic E-state index is -0.392. The highest BCUT2D eigenvalue weighted by Gasteiger charge is 2.23. The Labute approximate surface area is 181 Å². The highest BCUT2D eigenvalue weighted by Crippen LogP contribution is 2.23. The fourth-order valence-corrected chi connectivity index (χ4v) is 3.68. The molecule has 6 heteroatoms. The molecule has 1 aliphatic heterocycles. The van der Waals surface area contributed by atoms with Crippen molar-refractivity contribution in [3.8, 4) is 17.2 Å². The number of oxazole rings is 1. The second-order valence-corrected chi connectivity index (χ2v) is 7.52. The van der Waals surface area contributed by atoms with Crippen molar-refractivity contribution in [3.05, 3.63) is 71.6 Å². The molecule has 4 rings (SSSR count). The molecule has 0 saturated heterocycles. The Bertz CT molecular complexity index is 1050. The lowest BCUT2D eigenvalue weighted by molar-refractivity contribution is -0.142. The molecule has 160 valence electrons. The van der Waals surface area contributed by atoms with E-state index >= 15 is 0 Å². The van der Waals surface area contributed by atoms with Crippen molar-refractivity contribution < 1.29 is 18.7 Å². The van der Waals surface area contributed by atoms with E-state index in [1.807, 2.05) is 61.5 Å². The third kappa shape index (κ3) is 5.02. The summed E-state index contributed by atoms with van der Waals surface area (Å²) < 4.78 is 16.5. The van der Waals surface area contributed by atoms with Gasteiger partial charge in [-0.3, -0.25) is 4.99 Å². The van der Waals surface area contributed by atoms with Crippen LogP contribution in [0.4, 0.5) is 0 Å². The summed E-state index contributed by atoms with van der Waals surface area (Å²) in [7, 11) is 1.40. The molecule has 0 unspecified atom stereocenters. The summed E-state index contributed by atoms with van der Waals surface area (Å²) in [6, 6.07) is 17.3. The Morgan fingerprint density at radius 1 is 1.10 bits per heavy atom. The predicted molar refractivity (Wildman–Crippen MR) is 119 cm³/mol. The van der Waals surface area contributed by atoms with Crippen LogP contribution in [0.3, 0.4) is 0 Å². The molecule has 0 bridgehead atoms. The number of aromatic nitrogens is 1. The van der Waals surface area contributed by atoms with Crippen LogP contribution in [0.15, 0.2) is 64.0 Å². The first-order valence-corrected chi connectivity index (χ1v) is 10.5. The van der Waals surface area contributed by atoms with Crippen LogP contribution in [0.5, 0.6) is 5.75 Å². The third-order valence-electron chi connectivity index (χ3n) is 5.38. The number of carbonyl (C=O) groups excluding carboxylic acids is 1. The van der Waals surface area contributed by atoms with Crippen molar-refractivity contribution >= 4 is 11.7 Å². The normalized spacial score (nSPS) is 15.9. The second-order valence-electron chi connectivity index (χ2n) is 7.52. The molecule has 0 amide bonds. The standard InChI is InChI=1S/C25H26N2O4/c1-17-21(27-24(31-17)19-7-4-3-5-8-19)15-16-30-20-13-11-18(12-14-20)22-9-6-10-23(26-22)25(28)29-2/h3-5,7-8,11-14,23H,6,9-10,15-16H2,1-2H3/t23-/m0/s1. The highest BCUT2D eigenvalue weighted by atomic mass is 16.5. The molecule has 1 atom stereocenters. The van der Waals surface area contributed by atoms with Gasteiger partial charge in [0.1, 0.15) is 17.6 Å². The Kier molecular flexibility index (Phi) is 6.46. The number of carbonyl (C=O) groups is 1. The molecular formula is C25H26N2O4. The number of aryl methyl sites for hydroxylation is 1. The molecule has 31 heavy (non-hydrogen) atoms. The summed E-state index contributed by atoms with van der Waals surface area (Å²) in [4.78, 5) is 21.0. The van der Waals surface area contributed by atoms with Crippen LogP contribution in [0.1, 0.15) is 36.3 Å². The van der Waals surface area contributed by atoms with E-state index in [4.69, 9.17) is 13.9 Å². The van der Waals surface area contributed by atoms with E-state index < -0.39 is 6.04 Å². The molecule has 0 fully saturated rings. The quantitative estimate of drug-likeness (QED) is 0.516. The van der Waals surface area contributed by atoms with Crippen molar-refractivity contribution in [1.29, 1.82) is 0 Å². The highest BCUT2D eigenvalue weighted by molar-refractivity contribution is 6.02. The molecule has 6 nitrogen and oxygen atoms in total. The molecular weight excluding hydrogens is 392 g/mol. The number of ether oxygens (including phenoxy) is 2. The number of methoxy groups -OCH3 is 1. The average Bonchev–Trinajstić information content (AvgIpc) is 3.20. The Morgan fingerprint density at radius 2 is 1.87 bits per heavy atom. The molecule has 2 heterocycles. The van der Waals surface area contributed by atoms with Crippen LogP contribution in [0.2, 0.25) is 0 Å². The minimum absolute atomic E-state index is 0.268. The van der Waals surface area contributed by atoms with Crippen molar-refractivity contribution in [2.24, 2.45) is 4.99 Å². The van der Waals surface area contributed by atoms with Crippen LogP contribution < -0.4 is 4.74 Å². The molecule has 0 spiro atoms. The number of benzene rings is 2. The zero-order chi connectivity index (χ0) is 21.6. The molecule has 0 radical (unpaired) electrons. The minimum Gasteiger partial charge on any atom is -0.493 e. The Hall–Kier alpha value is -3.41. The summed E-state index contributed by atoms with van der Waals surface area (Å²) in [6.45, 7) is 2.43. The molecule has 3 aromatic rings. The van der Waals surface area contributed by atoms with E-state index in [2.05, 4.69) is 9.98 Å². The van der Waals surface area contributed by atoms with Gasteiger partial charge in [0.05, 0.1) is 19.4 Å². The first-order valence-electron chi connectivity index (χ1n) is 10.5. The summed E-state index contributed by atoms with van der Waals surface area (Å²) in [5.74, 6) is 1.97. The monoisotopic (exact) mass is 418 g/mol. The maximum Gasteiger partial charge on any atom is 0.330 e. The van der Waals surface area contributed by atoms with Crippen LogP contribution in [0, 0.1) is 6.92 Å². The number of esters is 1. The van der Waals surface area contributed by atoms with Gasteiger partial charge in [0.2, 0.25) is 5.89 Å². The van der Waals surface area contributed by atoms with E-state index in [-0.39, 0.29) is 5.97 Å². The number of rotatable bonds is 7. The van der Waals surface area contributed by atoms with Gasteiger partial charge in [-0.1, -0.05) is 18.2 Å². The van der Waals surface area contributed by atoms with Gasteiger partial charge in [0.25, 0.3) is 0 Å². The van der Waals surface area contributed by atoms with Gasteiger partial charge in [-0.05, 0) is 68.1 Å². The van der Waals surface area contributed by atoms with E-state index in [0.717, 1.165) is 53.3 Å². The van der Waals surface area contributed by atoms with Gasteiger partial charge in [-0.15, -0.1) is 0 Å². The molecule has 1 aliphatic rings. The predicted octanol–water partition coefficient (Wildman–Crippen LogP) is 4.79. The van der Waals surface area contributed by atoms with Gasteiger partial charge >= 0.3 is 5.97 Å². The Balaban J connectivity index is 1.35. The van der Waals surface area contributed by atoms with E-state index in [9.17, 15) is 4.79 Å². The van der Waals surface area contributed by atoms with E-state index in [1.165, 1.54) is 7.11 Å². The zero-order valence-corrected chi connectivity index (χ0v) is 17.8. The summed E-state index contributed by atoms with van der Waals surface area (Å²) >= 11 is 0. The average molecular weight is 418 g/mol. The maximum absolute atomic E-state index is 11.8. The lowest BCUT2D eigenvalue weighted by Gasteiger charge is -2.19. The number of nitrogens with zero attached hydrogens (tertiary/aromatic N) is 2. The van der Waals surface area contributed by atoms with Crippen LogP contribution in [-0.2, 0) is 16.0 Å². The molecule has 0 saturated carbocycles. The summed E-state index contributed by atoms with van der Waals surface area (Å²) in [5, 5.41) is 0. The van der Waals surface area contributed by atoms with Gasteiger partial charge < -0.3 is 13.9 Å². The first-order chi connectivity index (χ1) is 15.1. The van der Waals surface area contributed by atoms with Crippen molar-refractivity contribution in [2.45, 2.75) is 38.6 Å². The summed E-state index contributed by atoms with van der Waals surface area (Å²) in [5.41, 5.74) is 3.83. The molecule has 2 aromatic carbocycles. The van der Waals surface area contributed by atoms with Gasteiger partial charge in [0.15, 0.2) is 0 Å². The van der Waals surface area contributed by atoms with E-state index in [1.54, 1.807) is 0 Å². The first kappa shape index (κ1) is 20.8. The largest absolute Gasteiger partial charge is 0.493 e. The molecule has 0 N–H and O–H groups in total. The SMILES string of the molecule is COC(=O)[C@@H]1CCCC(c2ccc(OCCc3nc(-c4ccccc4)oc3C)cc2)=N1. The van der Waals surface area contributed by atoms with Crippen LogP contribution in [0.25, 0.3) is 11.5 Å². The number of aliphatic imine (C=N–C) groups is 1. The maximum atomic E-state index is 11.8. The van der Waals surface area contributed by atoms with Crippen molar-refractivity contribution in [3.63, 3.8) is 0 Å². The van der Waals surface area contributed by atoms with Crippen LogP contribution in [-0.4, -0.2) is 36.4 Å². The van der Waals surface area contributed by atoms with Gasteiger partial charge in [-0.2, -0.15) is 0 Å². The van der Waals surface area contributed by atoms with E-state index in [0.29, 0.717) is 18.9 Å². The number of hydrogen-bond acceptors (Lipinski definition) is 6. The van der Waals surface area contributed by atoms with Gasteiger partial charge in [-0.25, -0.2) is 9.78 Å².